The van der Waals surface area contributed by atoms with Crippen LogP contribution in [-0.4, -0.2) is 49.6 Å². The number of piperidine rings is 1. The molecule has 1 aliphatic rings. The molecule has 4 rings (SSSR count). The molecule has 3 aromatic rings. The average Bonchev–Trinajstić information content (AvgIpc) is 3.16. The summed E-state index contributed by atoms with van der Waals surface area (Å²) >= 11 is 0. The minimum Gasteiger partial charge on any atom is -0.493 e. The van der Waals surface area contributed by atoms with Crippen LogP contribution in [-0.2, 0) is 13.1 Å². The van der Waals surface area contributed by atoms with Crippen LogP contribution in [0.15, 0.2) is 29.1 Å². The predicted molar refractivity (Wildman–Crippen MR) is 142 cm³/mol. The van der Waals surface area contributed by atoms with Gasteiger partial charge >= 0.3 is 11.7 Å². The quantitative estimate of drug-likeness (QED) is 0.475. The molecule has 10 heteroatoms. The van der Waals surface area contributed by atoms with Crippen LogP contribution in [0.5, 0.6) is 17.2 Å². The summed E-state index contributed by atoms with van der Waals surface area (Å²) in [5.74, 6) is 1.33. The number of benzene rings is 2. The number of nitrogens with one attached hydrogen (secondary N) is 2. The molecule has 2 aromatic carbocycles. The second kappa shape index (κ2) is 10.8. The minimum atomic E-state index is -0.415. The average molecular weight is 498 g/mol. The summed E-state index contributed by atoms with van der Waals surface area (Å²) in [5.41, 5.74) is 3.69. The standard InChI is InChI=1S/C26H35N5O5/c1-6-30-20-15-18(19(29-11-9-8-10-12-29)16-21(20)31(7-2)26(30)33)28-25(32)27-17-13-22(34-3)24(36-5)23(14-17)35-4/h13-16H,6-12H2,1-5H3,(H2,27,28,32). The Morgan fingerprint density at radius 1 is 0.833 bits per heavy atom. The van der Waals surface area contributed by atoms with E-state index in [1.165, 1.54) is 27.8 Å². The molecule has 0 bridgehead atoms. The predicted octanol–water partition coefficient (Wildman–Crippen LogP) is 4.50. The Balaban J connectivity index is 1.72. The lowest BCUT2D eigenvalue weighted by molar-refractivity contribution is 0.262. The number of hydrogen-bond donors (Lipinski definition) is 2. The molecule has 0 unspecified atom stereocenters. The van der Waals surface area contributed by atoms with Crippen LogP contribution in [0.1, 0.15) is 33.1 Å². The van der Waals surface area contributed by atoms with Crippen LogP contribution in [0.4, 0.5) is 21.9 Å². The van der Waals surface area contributed by atoms with E-state index in [1.54, 1.807) is 21.3 Å². The largest absolute Gasteiger partial charge is 0.493 e. The number of imidazole rings is 1. The van der Waals surface area contributed by atoms with Crippen molar-refractivity contribution in [1.29, 1.82) is 0 Å². The summed E-state index contributed by atoms with van der Waals surface area (Å²) in [5, 5.41) is 5.89. The Kier molecular flexibility index (Phi) is 7.61. The van der Waals surface area contributed by atoms with Crippen LogP contribution < -0.4 is 35.4 Å². The van der Waals surface area contributed by atoms with Gasteiger partial charge in [0, 0.05) is 38.3 Å². The van der Waals surface area contributed by atoms with Crippen molar-refractivity contribution >= 4 is 34.1 Å². The van der Waals surface area contributed by atoms with E-state index in [0.717, 1.165) is 42.7 Å². The van der Waals surface area contributed by atoms with Crippen molar-refractivity contribution in [2.75, 3.05) is 50.0 Å². The highest BCUT2D eigenvalue weighted by Crippen LogP contribution is 2.40. The molecule has 36 heavy (non-hydrogen) atoms. The molecule has 1 fully saturated rings. The first-order chi connectivity index (χ1) is 17.4. The summed E-state index contributed by atoms with van der Waals surface area (Å²) in [6, 6.07) is 6.87. The minimum absolute atomic E-state index is 0.0429. The van der Waals surface area contributed by atoms with Gasteiger partial charge in [-0.2, -0.15) is 0 Å². The second-order valence-electron chi connectivity index (χ2n) is 8.67. The summed E-state index contributed by atoms with van der Waals surface area (Å²) < 4.78 is 19.7. The van der Waals surface area contributed by atoms with Gasteiger partial charge in [0.2, 0.25) is 5.75 Å². The van der Waals surface area contributed by atoms with Crippen molar-refractivity contribution in [2.24, 2.45) is 0 Å². The van der Waals surface area contributed by atoms with Gasteiger partial charge in [-0.3, -0.25) is 9.13 Å². The topological polar surface area (TPSA) is 99.0 Å². The van der Waals surface area contributed by atoms with Gasteiger partial charge in [-0.05, 0) is 45.2 Å². The van der Waals surface area contributed by atoms with Gasteiger partial charge in [-0.1, -0.05) is 0 Å². The maximum absolute atomic E-state index is 13.2. The number of aryl methyl sites for hydroxylation is 2. The number of hydrogen-bond acceptors (Lipinski definition) is 6. The first-order valence-electron chi connectivity index (χ1n) is 12.4. The number of aromatic nitrogens is 2. The Hall–Kier alpha value is -3.82. The summed E-state index contributed by atoms with van der Waals surface area (Å²) in [6.45, 7) is 6.85. The summed E-state index contributed by atoms with van der Waals surface area (Å²) in [6.07, 6.45) is 3.37. The zero-order valence-electron chi connectivity index (χ0n) is 21.6. The van der Waals surface area contributed by atoms with Gasteiger partial charge < -0.3 is 29.7 Å². The van der Waals surface area contributed by atoms with Gasteiger partial charge in [0.15, 0.2) is 11.5 Å². The molecule has 0 saturated carbocycles. The van der Waals surface area contributed by atoms with Crippen molar-refractivity contribution in [1.82, 2.24) is 9.13 Å². The maximum atomic E-state index is 13.2. The van der Waals surface area contributed by atoms with Crippen LogP contribution in [0, 0.1) is 0 Å². The van der Waals surface area contributed by atoms with Gasteiger partial charge in [0.05, 0.1) is 49.4 Å². The van der Waals surface area contributed by atoms with Gasteiger partial charge in [0.1, 0.15) is 0 Å². The molecule has 0 aliphatic carbocycles. The fourth-order valence-corrected chi connectivity index (χ4v) is 4.90. The lowest BCUT2D eigenvalue weighted by Gasteiger charge is -2.31. The second-order valence-corrected chi connectivity index (χ2v) is 8.67. The van der Waals surface area contributed by atoms with Crippen molar-refractivity contribution in [3.63, 3.8) is 0 Å². The number of ether oxygens (including phenoxy) is 3. The SMILES string of the molecule is CCn1c(=O)n(CC)c2cc(N3CCCCC3)c(NC(=O)Nc3cc(OC)c(OC)c(OC)c3)cc21. The molecule has 2 heterocycles. The maximum Gasteiger partial charge on any atom is 0.329 e. The van der Waals surface area contributed by atoms with E-state index >= 15 is 0 Å². The van der Waals surface area contributed by atoms with E-state index in [4.69, 9.17) is 14.2 Å². The fraction of sp³-hybridized carbons (Fsp3) is 0.462. The van der Waals surface area contributed by atoms with E-state index in [1.807, 2.05) is 26.0 Å². The Morgan fingerprint density at radius 3 is 1.94 bits per heavy atom. The fourth-order valence-electron chi connectivity index (χ4n) is 4.90. The van der Waals surface area contributed by atoms with E-state index in [0.29, 0.717) is 41.7 Å². The van der Waals surface area contributed by atoms with Crippen molar-refractivity contribution < 1.29 is 19.0 Å². The molecular weight excluding hydrogens is 462 g/mol. The number of amides is 2. The number of methoxy groups -OCH3 is 3. The molecule has 2 amide bonds. The van der Waals surface area contributed by atoms with Gasteiger partial charge in [0.25, 0.3) is 0 Å². The van der Waals surface area contributed by atoms with Gasteiger partial charge in [-0.25, -0.2) is 9.59 Å². The van der Waals surface area contributed by atoms with E-state index in [9.17, 15) is 9.59 Å². The molecular formula is C26H35N5O5. The van der Waals surface area contributed by atoms with Crippen LogP contribution >= 0.6 is 0 Å². The highest BCUT2D eigenvalue weighted by molar-refractivity contribution is 6.04. The van der Waals surface area contributed by atoms with Crippen LogP contribution in [0.2, 0.25) is 0 Å². The van der Waals surface area contributed by atoms with E-state index in [2.05, 4.69) is 15.5 Å². The molecule has 2 N–H and O–H groups in total. The Bertz CT molecular complexity index is 1280. The number of anilines is 3. The Labute approximate surface area is 210 Å². The molecule has 1 saturated heterocycles. The van der Waals surface area contributed by atoms with Gasteiger partial charge in [-0.15, -0.1) is 0 Å². The number of nitrogens with zero attached hydrogens (tertiary/aromatic N) is 3. The number of carbonyl (C=O) groups is 1. The van der Waals surface area contributed by atoms with E-state index < -0.39 is 6.03 Å². The number of carbonyl (C=O) groups excluding carboxylic acids is 1. The lowest BCUT2D eigenvalue weighted by atomic mass is 10.1. The first kappa shape index (κ1) is 25.3. The van der Waals surface area contributed by atoms with Crippen LogP contribution in [0.3, 0.4) is 0 Å². The highest BCUT2D eigenvalue weighted by Gasteiger charge is 2.21. The van der Waals surface area contributed by atoms with E-state index in [-0.39, 0.29) is 5.69 Å². The van der Waals surface area contributed by atoms with Crippen molar-refractivity contribution in [3.8, 4) is 17.2 Å². The number of urea groups is 1. The molecule has 0 atom stereocenters. The smallest absolute Gasteiger partial charge is 0.329 e. The molecule has 10 nitrogen and oxygen atoms in total. The summed E-state index contributed by atoms with van der Waals surface area (Å²) in [7, 11) is 4.58. The third kappa shape index (κ3) is 4.67. The van der Waals surface area contributed by atoms with Crippen LogP contribution in [0.25, 0.3) is 11.0 Å². The molecule has 1 aliphatic heterocycles. The molecule has 194 valence electrons. The summed E-state index contributed by atoms with van der Waals surface area (Å²) in [4.78, 5) is 28.4. The zero-order chi connectivity index (χ0) is 25.8. The molecule has 0 radical (unpaired) electrons. The number of rotatable bonds is 8. The third-order valence-corrected chi connectivity index (χ3v) is 6.64. The van der Waals surface area contributed by atoms with Crippen molar-refractivity contribution in [3.05, 3.63) is 34.7 Å². The molecule has 0 spiro atoms. The van der Waals surface area contributed by atoms with Crippen molar-refractivity contribution in [2.45, 2.75) is 46.2 Å². The lowest BCUT2D eigenvalue weighted by Crippen LogP contribution is -2.31. The highest BCUT2D eigenvalue weighted by atomic mass is 16.5. The Morgan fingerprint density at radius 2 is 1.42 bits per heavy atom. The first-order valence-corrected chi connectivity index (χ1v) is 12.4. The zero-order valence-corrected chi connectivity index (χ0v) is 21.6. The third-order valence-electron chi connectivity index (χ3n) is 6.64. The molecule has 1 aromatic heterocycles. The monoisotopic (exact) mass is 497 g/mol. The normalized spacial score (nSPS) is 13.5. The number of fused-ring (bicyclic) bond motifs is 1.